The Morgan fingerprint density at radius 3 is 3.00 bits per heavy atom. The van der Waals surface area contributed by atoms with Crippen LogP contribution in [-0.4, -0.2) is 18.9 Å². The van der Waals surface area contributed by atoms with Crippen molar-refractivity contribution in [3.05, 3.63) is 12.3 Å². The van der Waals surface area contributed by atoms with Crippen molar-refractivity contribution in [2.24, 2.45) is 0 Å². The van der Waals surface area contributed by atoms with Gasteiger partial charge in [0.05, 0.1) is 0 Å². The van der Waals surface area contributed by atoms with Crippen LogP contribution in [0.1, 0.15) is 6.92 Å². The summed E-state index contributed by atoms with van der Waals surface area (Å²) in [7, 11) is 0. The fourth-order valence-electron chi connectivity index (χ4n) is 0.357. The molecule has 0 saturated carbocycles. The Morgan fingerprint density at radius 1 is 1.80 bits per heavy atom. The lowest BCUT2D eigenvalue weighted by molar-refractivity contribution is -0.116. The number of nitrogens with one attached hydrogen (secondary N) is 1. The number of carbonyl (C=O) groups excluding carboxylic acids is 2. The van der Waals surface area contributed by atoms with Gasteiger partial charge in [-0.15, -0.1) is 0 Å². The molecule has 4 heteroatoms. The van der Waals surface area contributed by atoms with Crippen LogP contribution >= 0.6 is 0 Å². The Balaban J connectivity index is 3.45. The Kier molecular flexibility index (Phi) is 5.04. The second kappa shape index (κ2) is 5.81. The summed E-state index contributed by atoms with van der Waals surface area (Å²) in [4.78, 5) is 19.9. The Bertz CT molecular complexity index is 142. The molecule has 1 radical (unpaired) electrons. The average molecular weight is 142 g/mol. The number of carbonyl (C=O) groups is 1. The van der Waals surface area contributed by atoms with E-state index in [4.69, 9.17) is 0 Å². The van der Waals surface area contributed by atoms with Crippen LogP contribution in [0.4, 0.5) is 0 Å². The maximum Gasteiger partial charge on any atom is 0.422 e. The molecule has 0 rings (SSSR count). The molecule has 0 spiro atoms. The lowest BCUT2D eigenvalue weighted by Gasteiger charge is -1.92. The summed E-state index contributed by atoms with van der Waals surface area (Å²) in [6.07, 6.45) is 2.08. The summed E-state index contributed by atoms with van der Waals surface area (Å²) in [6.45, 7) is 3.49. The van der Waals surface area contributed by atoms with Crippen LogP contribution in [-0.2, 0) is 14.3 Å². The first-order chi connectivity index (χ1) is 4.81. The van der Waals surface area contributed by atoms with Gasteiger partial charge in [-0.1, -0.05) is 0 Å². The maximum atomic E-state index is 10.5. The van der Waals surface area contributed by atoms with Crippen LogP contribution in [0.15, 0.2) is 12.3 Å². The van der Waals surface area contributed by atoms with Crippen LogP contribution in [0.25, 0.3) is 0 Å². The predicted octanol–water partition coefficient (Wildman–Crippen LogP) is -0.280. The highest BCUT2D eigenvalue weighted by Gasteiger charge is 1.88. The van der Waals surface area contributed by atoms with Crippen molar-refractivity contribution in [2.45, 2.75) is 6.92 Å². The van der Waals surface area contributed by atoms with E-state index in [1.807, 2.05) is 0 Å². The Labute approximate surface area is 58.9 Å². The summed E-state index contributed by atoms with van der Waals surface area (Å²) in [6, 6.07) is 0. The van der Waals surface area contributed by atoms with Gasteiger partial charge in [-0.3, -0.25) is 4.79 Å². The zero-order valence-electron chi connectivity index (χ0n) is 5.59. The second-order valence-electron chi connectivity index (χ2n) is 1.40. The Morgan fingerprint density at radius 2 is 2.50 bits per heavy atom. The third-order valence-electron chi connectivity index (χ3n) is 0.687. The van der Waals surface area contributed by atoms with E-state index in [0.29, 0.717) is 6.54 Å². The van der Waals surface area contributed by atoms with Gasteiger partial charge >= 0.3 is 6.47 Å². The van der Waals surface area contributed by atoms with Crippen LogP contribution in [0, 0.1) is 0 Å². The van der Waals surface area contributed by atoms with Crippen LogP contribution in [0.5, 0.6) is 0 Å². The predicted molar refractivity (Wildman–Crippen MR) is 34.6 cm³/mol. The van der Waals surface area contributed by atoms with Gasteiger partial charge in [-0.05, 0) is 6.92 Å². The lowest BCUT2D eigenvalue weighted by Crippen LogP contribution is -2.19. The molecular formula is C6H8NO3. The van der Waals surface area contributed by atoms with Gasteiger partial charge in [0.1, 0.15) is 6.26 Å². The highest BCUT2D eigenvalue weighted by atomic mass is 16.5. The van der Waals surface area contributed by atoms with Gasteiger partial charge in [0.25, 0.3) is 0 Å². The van der Waals surface area contributed by atoms with E-state index < -0.39 is 0 Å². The summed E-state index contributed by atoms with van der Waals surface area (Å²) < 4.78 is 4.00. The van der Waals surface area contributed by atoms with Crippen molar-refractivity contribution in [3.63, 3.8) is 0 Å². The number of amides is 1. The van der Waals surface area contributed by atoms with E-state index in [9.17, 15) is 9.59 Å². The standard InChI is InChI=1S/C6H8NO3/c1-2-7-6(9)3-4-10-5-8/h3-4H,2H2,1H3,(H,7,9)/b4-3+. The van der Waals surface area contributed by atoms with Crippen LogP contribution in [0.2, 0.25) is 0 Å². The highest BCUT2D eigenvalue weighted by Crippen LogP contribution is 1.73. The SMILES string of the molecule is CCNC(=O)/C=C/O[C]=O. The van der Waals surface area contributed by atoms with E-state index >= 15 is 0 Å². The van der Waals surface area contributed by atoms with Gasteiger partial charge in [0.2, 0.25) is 5.91 Å². The first-order valence-corrected chi connectivity index (χ1v) is 2.78. The van der Waals surface area contributed by atoms with E-state index in [1.165, 1.54) is 0 Å². The number of hydrogen-bond acceptors (Lipinski definition) is 3. The van der Waals surface area contributed by atoms with Crippen LogP contribution < -0.4 is 5.32 Å². The molecule has 0 aromatic carbocycles. The zero-order valence-corrected chi connectivity index (χ0v) is 5.59. The smallest absolute Gasteiger partial charge is 0.422 e. The van der Waals surface area contributed by atoms with Gasteiger partial charge in [-0.25, -0.2) is 4.79 Å². The molecular weight excluding hydrogens is 134 g/mol. The molecule has 0 aromatic rings. The minimum atomic E-state index is -0.294. The summed E-state index contributed by atoms with van der Waals surface area (Å²) in [5.41, 5.74) is 0. The van der Waals surface area contributed by atoms with Crippen LogP contribution in [0.3, 0.4) is 0 Å². The maximum absolute atomic E-state index is 10.5. The van der Waals surface area contributed by atoms with E-state index in [-0.39, 0.29) is 5.91 Å². The molecule has 0 unspecified atom stereocenters. The molecule has 0 aliphatic heterocycles. The van der Waals surface area contributed by atoms with Gasteiger partial charge in [-0.2, -0.15) is 0 Å². The molecule has 1 N–H and O–H groups in total. The van der Waals surface area contributed by atoms with Crippen molar-refractivity contribution in [1.29, 1.82) is 0 Å². The summed E-state index contributed by atoms with van der Waals surface area (Å²) >= 11 is 0. The molecule has 0 atom stereocenters. The number of likely N-dealkylation sites (N-methyl/N-ethyl adjacent to an activating group) is 1. The minimum Gasteiger partial charge on any atom is -0.426 e. The molecule has 10 heavy (non-hydrogen) atoms. The highest BCUT2D eigenvalue weighted by molar-refractivity contribution is 5.87. The third kappa shape index (κ3) is 4.83. The zero-order chi connectivity index (χ0) is 7.82. The molecule has 55 valence electrons. The Hall–Kier alpha value is -1.32. The first-order valence-electron chi connectivity index (χ1n) is 2.78. The van der Waals surface area contributed by atoms with Crippen molar-refractivity contribution >= 4 is 12.4 Å². The largest absolute Gasteiger partial charge is 0.426 e. The molecule has 0 aliphatic rings. The number of rotatable bonds is 4. The fourth-order valence-corrected chi connectivity index (χ4v) is 0.357. The summed E-state index contributed by atoms with van der Waals surface area (Å²) in [5, 5.41) is 2.47. The molecule has 0 aliphatic carbocycles. The van der Waals surface area contributed by atoms with Crippen molar-refractivity contribution < 1.29 is 14.3 Å². The first kappa shape index (κ1) is 8.68. The van der Waals surface area contributed by atoms with Gasteiger partial charge < -0.3 is 10.1 Å². The molecule has 1 amide bonds. The quantitative estimate of drug-likeness (QED) is 0.434. The van der Waals surface area contributed by atoms with E-state index in [1.54, 1.807) is 6.92 Å². The third-order valence-corrected chi connectivity index (χ3v) is 0.687. The lowest BCUT2D eigenvalue weighted by atomic mass is 10.5. The molecule has 0 heterocycles. The molecule has 0 bridgehead atoms. The minimum absolute atomic E-state index is 0.294. The second-order valence-corrected chi connectivity index (χ2v) is 1.40. The number of ether oxygens (including phenoxy) is 1. The summed E-state index contributed by atoms with van der Waals surface area (Å²) in [5.74, 6) is -0.294. The van der Waals surface area contributed by atoms with E-state index in [2.05, 4.69) is 10.1 Å². The van der Waals surface area contributed by atoms with E-state index in [0.717, 1.165) is 18.8 Å². The normalized spacial score (nSPS) is 9.30. The van der Waals surface area contributed by atoms with Crippen molar-refractivity contribution in [2.75, 3.05) is 6.54 Å². The van der Waals surface area contributed by atoms with Gasteiger partial charge in [0.15, 0.2) is 0 Å². The number of hydrogen-bond donors (Lipinski definition) is 1. The molecule has 0 aromatic heterocycles. The topological polar surface area (TPSA) is 55.4 Å². The molecule has 4 nitrogen and oxygen atoms in total. The average Bonchev–Trinajstić information content (AvgIpc) is 1.89. The fraction of sp³-hybridized carbons (Fsp3) is 0.333. The van der Waals surface area contributed by atoms with Crippen molar-refractivity contribution in [3.8, 4) is 0 Å². The molecule has 0 saturated heterocycles. The van der Waals surface area contributed by atoms with Gasteiger partial charge in [0, 0.05) is 12.6 Å². The van der Waals surface area contributed by atoms with Crippen molar-refractivity contribution in [1.82, 2.24) is 5.32 Å². The monoisotopic (exact) mass is 142 g/mol. The molecule has 0 fully saturated rings.